The van der Waals surface area contributed by atoms with E-state index in [9.17, 15) is 8.42 Å². The van der Waals surface area contributed by atoms with Crippen LogP contribution in [0.15, 0.2) is 34.2 Å². The largest absolute Gasteiger partial charge is 0.357 e. The smallest absolute Gasteiger partial charge is 0.208 e. The van der Waals surface area contributed by atoms with Crippen LogP contribution in [0.25, 0.3) is 0 Å². The molecule has 0 radical (unpaired) electrons. The van der Waals surface area contributed by atoms with E-state index in [4.69, 9.17) is 11.6 Å². The first-order valence-electron chi connectivity index (χ1n) is 7.76. The van der Waals surface area contributed by atoms with Gasteiger partial charge < -0.3 is 10.6 Å². The maximum Gasteiger partial charge on any atom is 0.208 e. The van der Waals surface area contributed by atoms with Crippen LogP contribution in [0.4, 0.5) is 0 Å². The number of hydrogen-bond donors (Lipinski definition) is 3. The Morgan fingerprint density at radius 3 is 2.54 bits per heavy atom. The molecule has 0 aliphatic carbocycles. The summed E-state index contributed by atoms with van der Waals surface area (Å²) in [5.41, 5.74) is 0. The Morgan fingerprint density at radius 2 is 1.92 bits per heavy atom. The molecule has 0 saturated heterocycles. The Labute approximate surface area is 153 Å². The lowest BCUT2D eigenvalue weighted by molar-refractivity contribution is 0.585. The van der Waals surface area contributed by atoms with Crippen LogP contribution in [0.5, 0.6) is 0 Å². The van der Waals surface area contributed by atoms with Crippen LogP contribution in [0, 0.1) is 0 Å². The number of guanidine groups is 1. The van der Waals surface area contributed by atoms with Crippen LogP contribution < -0.4 is 15.4 Å². The molecule has 6 nitrogen and oxygen atoms in total. The van der Waals surface area contributed by atoms with Gasteiger partial charge in [0.25, 0.3) is 0 Å². The van der Waals surface area contributed by atoms with Gasteiger partial charge in [0, 0.05) is 41.8 Å². The van der Waals surface area contributed by atoms with E-state index in [0.717, 1.165) is 36.1 Å². The number of nitrogens with one attached hydrogen (secondary N) is 3. The molecule has 0 aliphatic rings. The minimum Gasteiger partial charge on any atom is -0.357 e. The van der Waals surface area contributed by atoms with Gasteiger partial charge in [0.15, 0.2) is 5.96 Å². The van der Waals surface area contributed by atoms with Gasteiger partial charge >= 0.3 is 0 Å². The summed E-state index contributed by atoms with van der Waals surface area (Å²) in [5, 5.41) is 7.17. The number of nitrogens with zero attached hydrogens (tertiary/aromatic N) is 1. The van der Waals surface area contributed by atoms with Crippen LogP contribution in [0.1, 0.15) is 13.3 Å². The summed E-state index contributed by atoms with van der Waals surface area (Å²) in [6, 6.07) is 7.77. The third-order valence-electron chi connectivity index (χ3n) is 2.79. The second kappa shape index (κ2) is 11.6. The maximum atomic E-state index is 11.0. The van der Waals surface area contributed by atoms with Crippen molar-refractivity contribution in [3.05, 3.63) is 29.3 Å². The van der Waals surface area contributed by atoms with Crippen LogP contribution in [0.3, 0.4) is 0 Å². The number of benzene rings is 1. The average molecular weight is 393 g/mol. The van der Waals surface area contributed by atoms with Gasteiger partial charge in [-0.3, -0.25) is 4.99 Å². The quantitative estimate of drug-likeness (QED) is 0.245. The Morgan fingerprint density at radius 1 is 1.21 bits per heavy atom. The SMILES string of the molecule is CCNC(=NCCCNS(C)(=O)=O)NCCSc1ccc(Cl)cc1. The van der Waals surface area contributed by atoms with E-state index >= 15 is 0 Å². The molecule has 0 unspecified atom stereocenters. The molecule has 0 heterocycles. The second-order valence-electron chi connectivity index (χ2n) is 5.01. The van der Waals surface area contributed by atoms with Gasteiger partial charge in [0.2, 0.25) is 10.0 Å². The van der Waals surface area contributed by atoms with Gasteiger partial charge in [-0.1, -0.05) is 11.6 Å². The Kier molecular flexibility index (Phi) is 10.2. The second-order valence-corrected chi connectivity index (χ2v) is 8.45. The lowest BCUT2D eigenvalue weighted by atomic mass is 10.4. The van der Waals surface area contributed by atoms with Crippen LogP contribution in [0.2, 0.25) is 5.02 Å². The van der Waals surface area contributed by atoms with Gasteiger partial charge in [-0.15, -0.1) is 11.8 Å². The first-order valence-corrected chi connectivity index (χ1v) is 11.0. The molecule has 3 N–H and O–H groups in total. The van der Waals surface area contributed by atoms with Gasteiger partial charge in [-0.05, 0) is 37.6 Å². The lowest BCUT2D eigenvalue weighted by Gasteiger charge is -2.11. The zero-order chi connectivity index (χ0) is 17.8. The van der Waals surface area contributed by atoms with Crippen molar-refractivity contribution in [1.82, 2.24) is 15.4 Å². The van der Waals surface area contributed by atoms with E-state index in [2.05, 4.69) is 20.3 Å². The molecule has 1 aromatic carbocycles. The Bertz CT molecular complexity index is 606. The normalized spacial score (nSPS) is 12.2. The van der Waals surface area contributed by atoms with E-state index in [1.807, 2.05) is 31.2 Å². The molecule has 0 amide bonds. The summed E-state index contributed by atoms with van der Waals surface area (Å²) >= 11 is 7.60. The Hall–Kier alpha value is -0.960. The fraction of sp³-hybridized carbons (Fsp3) is 0.533. The number of aliphatic imine (C=N–C) groups is 1. The van der Waals surface area contributed by atoms with Crippen LogP contribution in [-0.4, -0.2) is 52.6 Å². The summed E-state index contributed by atoms with van der Waals surface area (Å²) in [7, 11) is -3.12. The number of rotatable bonds is 10. The van der Waals surface area contributed by atoms with E-state index in [1.165, 1.54) is 4.90 Å². The number of sulfonamides is 1. The van der Waals surface area contributed by atoms with E-state index < -0.39 is 10.0 Å². The summed E-state index contributed by atoms with van der Waals surface area (Å²) in [4.78, 5) is 5.60. The fourth-order valence-corrected chi connectivity index (χ4v) is 3.15. The van der Waals surface area contributed by atoms with Crippen LogP contribution in [-0.2, 0) is 10.0 Å². The Balaban J connectivity index is 2.26. The molecule has 0 bridgehead atoms. The first kappa shape index (κ1) is 21.1. The van der Waals surface area contributed by atoms with Crippen molar-refractivity contribution >= 4 is 39.3 Å². The molecule has 0 fully saturated rings. The molecule has 0 spiro atoms. The highest BCUT2D eigenvalue weighted by atomic mass is 35.5. The summed E-state index contributed by atoms with van der Waals surface area (Å²) in [5.74, 6) is 1.65. The molecule has 24 heavy (non-hydrogen) atoms. The van der Waals surface area contributed by atoms with Crippen molar-refractivity contribution in [2.45, 2.75) is 18.2 Å². The number of hydrogen-bond acceptors (Lipinski definition) is 4. The van der Waals surface area contributed by atoms with Crippen molar-refractivity contribution in [1.29, 1.82) is 0 Å². The van der Waals surface area contributed by atoms with Gasteiger partial charge in [0.05, 0.1) is 6.26 Å². The van der Waals surface area contributed by atoms with Crippen LogP contribution >= 0.6 is 23.4 Å². The molecule has 0 aliphatic heterocycles. The standard InChI is InChI=1S/C15H25ClN4O2S2/c1-3-17-15(18-9-4-10-20-24(2,21)22)19-11-12-23-14-7-5-13(16)6-8-14/h5-8,20H,3-4,9-12H2,1-2H3,(H2,17,18,19). The zero-order valence-corrected chi connectivity index (χ0v) is 16.4. The molecule has 1 rings (SSSR count). The highest BCUT2D eigenvalue weighted by molar-refractivity contribution is 7.99. The molecule has 0 aromatic heterocycles. The third-order valence-corrected chi connectivity index (χ3v) is 4.78. The van der Waals surface area contributed by atoms with Gasteiger partial charge in [-0.2, -0.15) is 0 Å². The van der Waals surface area contributed by atoms with Crippen molar-refractivity contribution < 1.29 is 8.42 Å². The maximum absolute atomic E-state index is 11.0. The summed E-state index contributed by atoms with van der Waals surface area (Å²) < 4.78 is 24.4. The topological polar surface area (TPSA) is 82.6 Å². The molecule has 9 heteroatoms. The van der Waals surface area contributed by atoms with E-state index in [-0.39, 0.29) is 0 Å². The molecular weight excluding hydrogens is 368 g/mol. The number of thioether (sulfide) groups is 1. The molecule has 136 valence electrons. The average Bonchev–Trinajstić information content (AvgIpc) is 2.51. The summed E-state index contributed by atoms with van der Waals surface area (Å²) in [6.07, 6.45) is 1.81. The van der Waals surface area contributed by atoms with Crippen molar-refractivity contribution in [2.24, 2.45) is 4.99 Å². The predicted octanol–water partition coefficient (Wildman–Crippen LogP) is 1.93. The van der Waals surface area contributed by atoms with E-state index in [1.54, 1.807) is 11.8 Å². The van der Waals surface area contributed by atoms with Crippen molar-refractivity contribution in [2.75, 3.05) is 38.2 Å². The molecular formula is C15H25ClN4O2S2. The van der Waals surface area contributed by atoms with E-state index in [0.29, 0.717) is 19.5 Å². The highest BCUT2D eigenvalue weighted by Gasteiger charge is 2.00. The third kappa shape index (κ3) is 10.7. The molecule has 0 atom stereocenters. The van der Waals surface area contributed by atoms with Gasteiger partial charge in [-0.25, -0.2) is 13.1 Å². The minimum absolute atomic E-state index is 0.397. The predicted molar refractivity (Wildman–Crippen MR) is 104 cm³/mol. The lowest BCUT2D eigenvalue weighted by Crippen LogP contribution is -2.38. The minimum atomic E-state index is -3.12. The molecule has 0 saturated carbocycles. The monoisotopic (exact) mass is 392 g/mol. The van der Waals surface area contributed by atoms with Crippen molar-refractivity contribution in [3.8, 4) is 0 Å². The number of halogens is 1. The van der Waals surface area contributed by atoms with Gasteiger partial charge in [0.1, 0.15) is 0 Å². The molecule has 1 aromatic rings. The fourth-order valence-electron chi connectivity index (χ4n) is 1.74. The van der Waals surface area contributed by atoms with Crippen molar-refractivity contribution in [3.63, 3.8) is 0 Å². The zero-order valence-electron chi connectivity index (χ0n) is 14.0. The highest BCUT2D eigenvalue weighted by Crippen LogP contribution is 2.19. The summed E-state index contributed by atoms with van der Waals surface area (Å²) in [6.45, 7) is 4.51. The first-order chi connectivity index (χ1) is 11.4.